The second-order valence-electron chi connectivity index (χ2n) is 7.20. The molecule has 40 heavy (non-hydrogen) atoms. The van der Waals surface area contributed by atoms with Gasteiger partial charge in [-0.3, -0.25) is 9.59 Å². The van der Waals surface area contributed by atoms with Crippen molar-refractivity contribution in [1.82, 2.24) is 0 Å². The van der Waals surface area contributed by atoms with Crippen LogP contribution in [-0.2, 0) is 4.79 Å². The zero-order valence-corrected chi connectivity index (χ0v) is 27.6. The molecule has 0 aliphatic heterocycles. The molecule has 0 radical (unpaired) electrons. The Bertz CT molecular complexity index is 939. The van der Waals surface area contributed by atoms with E-state index in [1.165, 1.54) is 26.0 Å². The fourth-order valence-electron chi connectivity index (χ4n) is 2.63. The Morgan fingerprint density at radius 3 is 1.98 bits per heavy atom. The molecular formula is C33H54O6S. The Labute approximate surface area is 248 Å². The summed E-state index contributed by atoms with van der Waals surface area (Å²) in [6.45, 7) is 21.3. The average Bonchev–Trinajstić information content (AvgIpc) is 3.01. The van der Waals surface area contributed by atoms with Gasteiger partial charge in [0.15, 0.2) is 17.3 Å². The minimum absolute atomic E-state index is 0.0831. The fraction of sp³-hybridized carbons (Fsp3) is 0.515. The maximum absolute atomic E-state index is 12.7. The van der Waals surface area contributed by atoms with Crippen molar-refractivity contribution >= 4 is 29.6 Å². The molecule has 0 saturated heterocycles. The van der Waals surface area contributed by atoms with Gasteiger partial charge in [-0.25, -0.2) is 0 Å². The number of aliphatic carboxylic acids is 1. The maximum atomic E-state index is 12.7. The number of hydrogen-bond donors (Lipinski definition) is 1. The van der Waals surface area contributed by atoms with E-state index in [0.29, 0.717) is 40.9 Å². The van der Waals surface area contributed by atoms with Crippen LogP contribution in [0.2, 0.25) is 0 Å². The van der Waals surface area contributed by atoms with Gasteiger partial charge in [0.2, 0.25) is 0 Å². The van der Waals surface area contributed by atoms with E-state index in [2.05, 4.69) is 13.8 Å². The van der Waals surface area contributed by atoms with Gasteiger partial charge in [-0.2, -0.15) is 0 Å². The predicted molar refractivity (Wildman–Crippen MR) is 173 cm³/mol. The third kappa shape index (κ3) is 17.6. The van der Waals surface area contributed by atoms with Crippen LogP contribution in [0.5, 0.6) is 17.2 Å². The maximum Gasteiger partial charge on any atom is 0.313 e. The number of benzene rings is 2. The molecule has 228 valence electrons. The lowest BCUT2D eigenvalue weighted by molar-refractivity contribution is -0.133. The smallest absolute Gasteiger partial charge is 0.313 e. The van der Waals surface area contributed by atoms with Gasteiger partial charge in [-0.15, -0.1) is 11.8 Å². The second kappa shape index (κ2) is 29.1. The first kappa shape index (κ1) is 41.5. The SMILES string of the molecule is CC.CC.CC.CCCC.CCCOc1c(/C=C/C(=O)c2ccc(SCC(=O)O)c(OC)c2)cccc1OCC. The number of thioether (sulfide) groups is 1. The summed E-state index contributed by atoms with van der Waals surface area (Å²) in [5.74, 6) is 0.517. The molecular weight excluding hydrogens is 524 g/mol. The number of rotatable bonds is 13. The van der Waals surface area contributed by atoms with E-state index in [1.54, 1.807) is 24.3 Å². The standard InChI is InChI=1S/C23H26O6S.C4H10.3C2H6/c1-4-13-29-23-16(7-6-8-19(23)28-5-2)9-11-18(24)17-10-12-21(20(14-17)27-3)30-15-22(25)26;1-3-4-2;3*1-2/h6-12,14H,4-5,13,15H2,1-3H3,(H,25,26);3-4H2,1-2H3;3*1-2H3/b11-9+;;;;. The van der Waals surface area contributed by atoms with Gasteiger partial charge in [0.05, 0.1) is 26.1 Å². The summed E-state index contributed by atoms with van der Waals surface area (Å²) in [6, 6.07) is 10.5. The number of unbranched alkanes of at least 4 members (excludes halogenated alkanes) is 1. The molecule has 6 nitrogen and oxygen atoms in total. The van der Waals surface area contributed by atoms with Crippen LogP contribution in [0.25, 0.3) is 6.08 Å². The van der Waals surface area contributed by atoms with Crippen LogP contribution < -0.4 is 14.2 Å². The number of hydrogen-bond acceptors (Lipinski definition) is 6. The normalized spacial score (nSPS) is 9.28. The van der Waals surface area contributed by atoms with Crippen molar-refractivity contribution < 1.29 is 28.9 Å². The average molecular weight is 579 g/mol. The number of ether oxygens (including phenoxy) is 3. The van der Waals surface area contributed by atoms with E-state index >= 15 is 0 Å². The molecule has 0 fully saturated rings. The van der Waals surface area contributed by atoms with Crippen molar-refractivity contribution in [3.05, 3.63) is 53.6 Å². The fourth-order valence-corrected chi connectivity index (χ4v) is 3.36. The summed E-state index contributed by atoms with van der Waals surface area (Å²) in [6.07, 6.45) is 6.67. The van der Waals surface area contributed by atoms with E-state index in [9.17, 15) is 9.59 Å². The summed E-state index contributed by atoms with van der Waals surface area (Å²) in [5.41, 5.74) is 1.20. The molecule has 2 aromatic carbocycles. The molecule has 0 bridgehead atoms. The molecule has 2 aromatic rings. The summed E-state index contributed by atoms with van der Waals surface area (Å²) in [5, 5.41) is 8.84. The minimum Gasteiger partial charge on any atom is -0.496 e. The molecule has 0 atom stereocenters. The molecule has 0 aliphatic rings. The van der Waals surface area contributed by atoms with Crippen molar-refractivity contribution in [2.75, 3.05) is 26.1 Å². The Morgan fingerprint density at radius 1 is 0.850 bits per heavy atom. The van der Waals surface area contributed by atoms with Gasteiger partial charge < -0.3 is 19.3 Å². The third-order valence-electron chi connectivity index (χ3n) is 4.47. The molecule has 2 rings (SSSR count). The summed E-state index contributed by atoms with van der Waals surface area (Å²) >= 11 is 1.14. The first-order valence-corrected chi connectivity index (χ1v) is 15.5. The van der Waals surface area contributed by atoms with E-state index in [1.807, 2.05) is 73.6 Å². The van der Waals surface area contributed by atoms with Gasteiger partial charge in [-0.1, -0.05) is 87.3 Å². The zero-order chi connectivity index (χ0) is 31.3. The summed E-state index contributed by atoms with van der Waals surface area (Å²) in [4.78, 5) is 24.1. The van der Waals surface area contributed by atoms with Crippen molar-refractivity contribution in [2.24, 2.45) is 0 Å². The number of para-hydroxylation sites is 1. The Hall–Kier alpha value is -2.93. The molecule has 0 heterocycles. The largest absolute Gasteiger partial charge is 0.496 e. The molecule has 0 spiro atoms. The van der Waals surface area contributed by atoms with Crippen LogP contribution >= 0.6 is 11.8 Å². The van der Waals surface area contributed by atoms with E-state index in [-0.39, 0.29) is 11.5 Å². The molecule has 0 amide bonds. The van der Waals surface area contributed by atoms with E-state index in [4.69, 9.17) is 19.3 Å². The number of allylic oxidation sites excluding steroid dienone is 1. The van der Waals surface area contributed by atoms with Crippen LogP contribution in [0, 0.1) is 0 Å². The topological polar surface area (TPSA) is 82.1 Å². The number of methoxy groups -OCH3 is 1. The molecule has 0 unspecified atom stereocenters. The first-order valence-electron chi connectivity index (χ1n) is 14.5. The Morgan fingerprint density at radius 2 is 1.48 bits per heavy atom. The predicted octanol–water partition coefficient (Wildman–Crippen LogP) is 9.84. The van der Waals surface area contributed by atoms with Gasteiger partial charge >= 0.3 is 5.97 Å². The number of carboxylic acid groups (broad SMARTS) is 1. The van der Waals surface area contributed by atoms with Crippen LogP contribution in [0.4, 0.5) is 0 Å². The van der Waals surface area contributed by atoms with Gasteiger partial charge in [0.25, 0.3) is 0 Å². The molecule has 0 aliphatic carbocycles. The van der Waals surface area contributed by atoms with Crippen molar-refractivity contribution in [1.29, 1.82) is 0 Å². The number of ketones is 1. The Balaban J connectivity index is -0.00000121. The van der Waals surface area contributed by atoms with E-state index in [0.717, 1.165) is 23.7 Å². The van der Waals surface area contributed by atoms with Crippen molar-refractivity contribution in [3.8, 4) is 17.2 Å². The lowest BCUT2D eigenvalue weighted by Gasteiger charge is -2.14. The lowest BCUT2D eigenvalue weighted by Crippen LogP contribution is -2.02. The molecule has 0 saturated carbocycles. The number of carbonyl (C=O) groups is 2. The van der Waals surface area contributed by atoms with Crippen LogP contribution in [0.3, 0.4) is 0 Å². The van der Waals surface area contributed by atoms with Crippen molar-refractivity contribution in [3.63, 3.8) is 0 Å². The Kier molecular flexibility index (Phi) is 30.2. The first-order chi connectivity index (χ1) is 19.4. The molecule has 1 N–H and O–H groups in total. The van der Waals surface area contributed by atoms with Crippen LogP contribution in [0.15, 0.2) is 47.4 Å². The number of carboxylic acids is 1. The highest BCUT2D eigenvalue weighted by Crippen LogP contribution is 2.33. The van der Waals surface area contributed by atoms with E-state index < -0.39 is 5.97 Å². The second-order valence-corrected chi connectivity index (χ2v) is 8.22. The highest BCUT2D eigenvalue weighted by atomic mass is 32.2. The zero-order valence-electron chi connectivity index (χ0n) is 26.8. The van der Waals surface area contributed by atoms with Crippen LogP contribution in [0.1, 0.15) is 104 Å². The highest BCUT2D eigenvalue weighted by Gasteiger charge is 2.12. The highest BCUT2D eigenvalue weighted by molar-refractivity contribution is 8.00. The summed E-state index contributed by atoms with van der Waals surface area (Å²) in [7, 11) is 1.49. The summed E-state index contributed by atoms with van der Waals surface area (Å²) < 4.78 is 16.8. The van der Waals surface area contributed by atoms with Crippen molar-refractivity contribution in [2.45, 2.75) is 93.4 Å². The molecule has 0 aromatic heterocycles. The van der Waals surface area contributed by atoms with Gasteiger partial charge in [0, 0.05) is 16.0 Å². The number of carbonyl (C=O) groups excluding carboxylic acids is 1. The quantitative estimate of drug-likeness (QED) is 0.144. The van der Waals surface area contributed by atoms with Gasteiger partial charge in [-0.05, 0) is 49.8 Å². The van der Waals surface area contributed by atoms with Crippen LogP contribution in [-0.4, -0.2) is 42.9 Å². The van der Waals surface area contributed by atoms with Gasteiger partial charge in [0.1, 0.15) is 5.75 Å². The molecule has 7 heteroatoms. The third-order valence-corrected chi connectivity index (χ3v) is 5.51. The minimum atomic E-state index is -0.916. The lowest BCUT2D eigenvalue weighted by atomic mass is 10.1. The monoisotopic (exact) mass is 578 g/mol.